The first kappa shape index (κ1) is 23.3. The normalized spacial score (nSPS) is 22.7. The number of likely N-dealkylation sites (tertiary alicyclic amines) is 1. The molecule has 1 aromatic carbocycles. The van der Waals surface area contributed by atoms with Crippen LogP contribution in [-0.4, -0.2) is 63.0 Å². The largest absolute Gasteiger partial charge is 0.491 e. The highest BCUT2D eigenvalue weighted by atomic mass is 32.2. The van der Waals surface area contributed by atoms with Gasteiger partial charge in [-0.2, -0.15) is 0 Å². The monoisotopic (exact) mass is 475 g/mol. The molecule has 33 heavy (non-hydrogen) atoms. The van der Waals surface area contributed by atoms with Crippen molar-refractivity contribution in [3.8, 4) is 5.75 Å². The van der Waals surface area contributed by atoms with Crippen molar-refractivity contribution in [2.45, 2.75) is 32.1 Å². The van der Waals surface area contributed by atoms with Gasteiger partial charge in [0.1, 0.15) is 12.4 Å². The molecule has 2 atom stereocenters. The standard InChI is InChI=1S/C23H29N3O6S/c27-21(12-16-4-2-1-3-5-16)25-33(30,31)15-17-8-10-26(14-17)23(29)18-6-7-20-19(13-18)22(28)24-9-11-32-20/h1-2,6-7,13,16-17H,3-5,8-12,14-15H2,(H,24,28)(H,25,27). The third-order valence-corrected chi connectivity index (χ3v) is 7.71. The average Bonchev–Trinajstić information content (AvgIpc) is 3.15. The highest BCUT2D eigenvalue weighted by Gasteiger charge is 2.32. The fourth-order valence-electron chi connectivity index (χ4n) is 4.59. The molecule has 0 spiro atoms. The summed E-state index contributed by atoms with van der Waals surface area (Å²) in [5, 5.41) is 2.72. The summed E-state index contributed by atoms with van der Waals surface area (Å²) in [6.45, 7) is 1.46. The summed E-state index contributed by atoms with van der Waals surface area (Å²) in [6.07, 6.45) is 7.44. The van der Waals surface area contributed by atoms with Crippen LogP contribution in [0.15, 0.2) is 30.4 Å². The Morgan fingerprint density at radius 1 is 1.18 bits per heavy atom. The van der Waals surface area contributed by atoms with Gasteiger partial charge in [0.25, 0.3) is 11.8 Å². The van der Waals surface area contributed by atoms with Gasteiger partial charge < -0.3 is 15.0 Å². The van der Waals surface area contributed by atoms with Gasteiger partial charge in [0, 0.05) is 25.1 Å². The number of allylic oxidation sites excluding steroid dienone is 2. The molecular weight excluding hydrogens is 446 g/mol. The molecule has 10 heteroatoms. The average molecular weight is 476 g/mol. The first-order chi connectivity index (χ1) is 15.8. The summed E-state index contributed by atoms with van der Waals surface area (Å²) in [6, 6.07) is 4.75. The Morgan fingerprint density at radius 3 is 2.82 bits per heavy atom. The van der Waals surface area contributed by atoms with E-state index in [1.54, 1.807) is 17.0 Å². The van der Waals surface area contributed by atoms with Crippen molar-refractivity contribution < 1.29 is 27.5 Å². The number of nitrogens with zero attached hydrogens (tertiary/aromatic N) is 1. The fraction of sp³-hybridized carbons (Fsp3) is 0.522. The molecule has 2 heterocycles. The van der Waals surface area contributed by atoms with Crippen molar-refractivity contribution >= 4 is 27.7 Å². The summed E-state index contributed by atoms with van der Waals surface area (Å²) in [4.78, 5) is 39.0. The molecule has 1 fully saturated rings. The predicted molar refractivity (Wildman–Crippen MR) is 121 cm³/mol. The number of fused-ring (bicyclic) bond motifs is 1. The molecule has 0 bridgehead atoms. The van der Waals surface area contributed by atoms with Crippen LogP contribution >= 0.6 is 0 Å². The van der Waals surface area contributed by atoms with E-state index in [2.05, 4.69) is 16.1 Å². The molecule has 4 rings (SSSR count). The van der Waals surface area contributed by atoms with E-state index in [4.69, 9.17) is 4.74 Å². The molecule has 1 aromatic rings. The molecule has 9 nitrogen and oxygen atoms in total. The second-order valence-corrected chi connectivity index (χ2v) is 10.6. The number of ether oxygens (including phenoxy) is 1. The lowest BCUT2D eigenvalue weighted by Gasteiger charge is -2.18. The molecule has 1 saturated heterocycles. The molecule has 2 N–H and O–H groups in total. The Balaban J connectivity index is 1.32. The quantitative estimate of drug-likeness (QED) is 0.601. The molecule has 0 aromatic heterocycles. The maximum absolute atomic E-state index is 13.0. The molecule has 0 saturated carbocycles. The van der Waals surface area contributed by atoms with Crippen molar-refractivity contribution in [1.29, 1.82) is 0 Å². The number of benzene rings is 1. The Bertz CT molecular complexity index is 1070. The zero-order valence-corrected chi connectivity index (χ0v) is 19.2. The SMILES string of the molecule is O=C(CC1CC=CCC1)NS(=O)(=O)CC1CCN(C(=O)c2ccc3c(c2)C(=O)NCCO3)C1. The van der Waals surface area contributed by atoms with E-state index < -0.39 is 15.9 Å². The van der Waals surface area contributed by atoms with Gasteiger partial charge >= 0.3 is 0 Å². The van der Waals surface area contributed by atoms with Gasteiger partial charge in [-0.05, 0) is 55.7 Å². The van der Waals surface area contributed by atoms with Gasteiger partial charge in [-0.1, -0.05) is 12.2 Å². The van der Waals surface area contributed by atoms with Crippen molar-refractivity contribution in [1.82, 2.24) is 14.9 Å². The third-order valence-electron chi connectivity index (χ3n) is 6.27. The topological polar surface area (TPSA) is 122 Å². The summed E-state index contributed by atoms with van der Waals surface area (Å²) in [5.41, 5.74) is 0.667. The number of amides is 3. The number of carbonyl (C=O) groups is 3. The lowest BCUT2D eigenvalue weighted by atomic mass is 9.91. The van der Waals surface area contributed by atoms with E-state index in [1.165, 1.54) is 6.07 Å². The van der Waals surface area contributed by atoms with Crippen molar-refractivity contribution in [2.24, 2.45) is 11.8 Å². The van der Waals surface area contributed by atoms with Crippen molar-refractivity contribution in [2.75, 3.05) is 32.0 Å². The lowest BCUT2D eigenvalue weighted by molar-refractivity contribution is -0.120. The molecular formula is C23H29N3O6S. The molecule has 2 unspecified atom stereocenters. The van der Waals surface area contributed by atoms with Gasteiger partial charge in [-0.15, -0.1) is 0 Å². The van der Waals surface area contributed by atoms with Gasteiger partial charge in [0.2, 0.25) is 15.9 Å². The van der Waals surface area contributed by atoms with Gasteiger partial charge in [0.15, 0.2) is 0 Å². The summed E-state index contributed by atoms with van der Waals surface area (Å²) in [7, 11) is -3.78. The van der Waals surface area contributed by atoms with E-state index in [1.807, 2.05) is 6.08 Å². The van der Waals surface area contributed by atoms with E-state index in [0.717, 1.165) is 19.3 Å². The second kappa shape index (κ2) is 9.94. The van der Waals surface area contributed by atoms with Crippen LogP contribution in [0.25, 0.3) is 0 Å². The van der Waals surface area contributed by atoms with Gasteiger partial charge in [-0.25, -0.2) is 8.42 Å². The Morgan fingerprint density at radius 2 is 2.03 bits per heavy atom. The van der Waals surface area contributed by atoms with Crippen molar-refractivity contribution in [3.63, 3.8) is 0 Å². The molecule has 1 aliphatic carbocycles. The maximum atomic E-state index is 13.0. The smallest absolute Gasteiger partial charge is 0.255 e. The Labute approximate surface area is 193 Å². The Kier molecular flexibility index (Phi) is 7.02. The number of sulfonamides is 1. The highest BCUT2D eigenvalue weighted by Crippen LogP contribution is 2.25. The van der Waals surface area contributed by atoms with Crippen molar-refractivity contribution in [3.05, 3.63) is 41.5 Å². The molecule has 3 amide bonds. The number of carbonyl (C=O) groups excluding carboxylic acids is 3. The van der Waals surface area contributed by atoms with E-state index in [0.29, 0.717) is 43.0 Å². The molecule has 178 valence electrons. The van der Waals surface area contributed by atoms with Crippen LogP contribution in [0.2, 0.25) is 0 Å². The summed E-state index contributed by atoms with van der Waals surface area (Å²) >= 11 is 0. The third kappa shape index (κ3) is 5.93. The van der Waals surface area contributed by atoms with Crippen LogP contribution in [0.1, 0.15) is 52.8 Å². The first-order valence-electron chi connectivity index (χ1n) is 11.3. The van der Waals surface area contributed by atoms with E-state index >= 15 is 0 Å². The van der Waals surface area contributed by atoms with E-state index in [9.17, 15) is 22.8 Å². The van der Waals surface area contributed by atoms with Gasteiger partial charge in [-0.3, -0.25) is 19.1 Å². The maximum Gasteiger partial charge on any atom is 0.255 e. The fourth-order valence-corrected chi connectivity index (χ4v) is 6.00. The zero-order valence-electron chi connectivity index (χ0n) is 18.4. The second-order valence-electron chi connectivity index (χ2n) is 8.88. The van der Waals surface area contributed by atoms with E-state index in [-0.39, 0.29) is 42.4 Å². The van der Waals surface area contributed by atoms with Gasteiger partial charge in [0.05, 0.1) is 17.9 Å². The lowest BCUT2D eigenvalue weighted by Crippen LogP contribution is -2.37. The molecule has 0 radical (unpaired) electrons. The number of hydrogen-bond donors (Lipinski definition) is 2. The first-order valence-corrected chi connectivity index (χ1v) is 13.0. The number of rotatable bonds is 6. The Hall–Kier alpha value is -2.88. The minimum absolute atomic E-state index is 0.179. The molecule has 2 aliphatic heterocycles. The van der Waals surface area contributed by atoms with Crippen LogP contribution in [0.3, 0.4) is 0 Å². The molecule has 3 aliphatic rings. The van der Waals surface area contributed by atoms with Crippen LogP contribution < -0.4 is 14.8 Å². The summed E-state index contributed by atoms with van der Waals surface area (Å²) < 4.78 is 32.7. The van der Waals surface area contributed by atoms with Crippen LogP contribution in [-0.2, 0) is 14.8 Å². The van der Waals surface area contributed by atoms with Crippen LogP contribution in [0.5, 0.6) is 5.75 Å². The number of nitrogens with one attached hydrogen (secondary N) is 2. The highest BCUT2D eigenvalue weighted by molar-refractivity contribution is 7.90. The summed E-state index contributed by atoms with van der Waals surface area (Å²) in [5.74, 6) is -0.860. The van der Waals surface area contributed by atoms with Crippen LogP contribution in [0.4, 0.5) is 0 Å². The van der Waals surface area contributed by atoms with Crippen LogP contribution in [0, 0.1) is 11.8 Å². The number of hydrogen-bond acceptors (Lipinski definition) is 6. The predicted octanol–water partition coefficient (Wildman–Crippen LogP) is 1.46. The minimum atomic E-state index is -3.78. The minimum Gasteiger partial charge on any atom is -0.491 e. The zero-order chi connectivity index (χ0) is 23.4.